The average Bonchev–Trinajstić information content (AvgIpc) is 3.34. The van der Waals surface area contributed by atoms with Crippen molar-refractivity contribution in [3.63, 3.8) is 0 Å². The van der Waals surface area contributed by atoms with Gasteiger partial charge in [0, 0.05) is 29.1 Å². The van der Waals surface area contributed by atoms with Crippen molar-refractivity contribution in [2.45, 2.75) is 58.5 Å². The first-order valence-corrected chi connectivity index (χ1v) is 11.8. The summed E-state index contributed by atoms with van der Waals surface area (Å²) >= 11 is 5.88. The van der Waals surface area contributed by atoms with Gasteiger partial charge >= 0.3 is 0 Å². The maximum Gasteiger partial charge on any atom is 0.293 e. The molecule has 1 saturated carbocycles. The van der Waals surface area contributed by atoms with Crippen molar-refractivity contribution in [2.75, 3.05) is 5.32 Å². The number of carbonyl (C=O) groups excluding carboxylic acids is 3. The summed E-state index contributed by atoms with van der Waals surface area (Å²) in [5, 5.41) is 5.49. The Labute approximate surface area is 208 Å². The standard InChI is InChI=1S/C22H24ClFN6O3.C2H6/c1-11-17(19(31)21(33)29-22(4-5-22)16(25)10-27-26)15-3-2-6-30(15)18(11)20(32)28-14-8-12(23)7-13(24)9-14;1-2/h7-10,27H,2-6,25-26H2,1H3,(H,28,32)(H,29,33);1-2H3/b16-10-;. The number of halogens is 2. The molecule has 1 aliphatic carbocycles. The molecule has 2 aromatic rings. The van der Waals surface area contributed by atoms with Crippen molar-refractivity contribution < 1.29 is 18.8 Å². The van der Waals surface area contributed by atoms with Crippen LogP contribution in [-0.2, 0) is 17.8 Å². The number of carbonyl (C=O) groups is 3. The number of rotatable bonds is 7. The van der Waals surface area contributed by atoms with Crippen molar-refractivity contribution in [3.8, 4) is 0 Å². The lowest BCUT2D eigenvalue weighted by atomic mass is 10.0. The van der Waals surface area contributed by atoms with Crippen molar-refractivity contribution >= 4 is 34.9 Å². The smallest absolute Gasteiger partial charge is 0.293 e. The molecule has 0 bridgehead atoms. The number of nitrogens with zero attached hydrogens (tertiary/aromatic N) is 1. The molecule has 2 amide bonds. The lowest BCUT2D eigenvalue weighted by Gasteiger charge is -2.17. The molecule has 2 aliphatic rings. The lowest BCUT2D eigenvalue weighted by Crippen LogP contribution is -2.45. The third kappa shape index (κ3) is 5.18. The Morgan fingerprint density at radius 2 is 1.89 bits per heavy atom. The fourth-order valence-corrected chi connectivity index (χ4v) is 4.58. The highest BCUT2D eigenvalue weighted by Gasteiger charge is 2.48. The first-order valence-electron chi connectivity index (χ1n) is 11.5. The minimum Gasteiger partial charge on any atom is -0.399 e. The molecule has 7 N–H and O–H groups in total. The summed E-state index contributed by atoms with van der Waals surface area (Å²) in [6.45, 7) is 6.15. The van der Waals surface area contributed by atoms with Crippen LogP contribution < -0.4 is 27.6 Å². The van der Waals surface area contributed by atoms with Crippen LogP contribution in [0.1, 0.15) is 65.2 Å². The van der Waals surface area contributed by atoms with Crippen molar-refractivity contribution in [1.82, 2.24) is 15.3 Å². The Morgan fingerprint density at radius 3 is 2.49 bits per heavy atom. The van der Waals surface area contributed by atoms with Crippen LogP contribution in [0, 0.1) is 12.7 Å². The monoisotopic (exact) mass is 504 g/mol. The normalized spacial score (nSPS) is 15.4. The van der Waals surface area contributed by atoms with E-state index in [0.29, 0.717) is 42.8 Å². The van der Waals surface area contributed by atoms with E-state index in [-0.39, 0.29) is 22.0 Å². The van der Waals surface area contributed by atoms with E-state index >= 15 is 0 Å². The predicted molar refractivity (Wildman–Crippen MR) is 132 cm³/mol. The molecule has 188 valence electrons. The number of benzene rings is 1. The highest BCUT2D eigenvalue weighted by atomic mass is 35.5. The minimum absolute atomic E-state index is 0.141. The van der Waals surface area contributed by atoms with Crippen LogP contribution >= 0.6 is 11.6 Å². The van der Waals surface area contributed by atoms with Gasteiger partial charge in [-0.25, -0.2) is 4.39 Å². The van der Waals surface area contributed by atoms with E-state index in [1.165, 1.54) is 12.3 Å². The van der Waals surface area contributed by atoms with Gasteiger partial charge in [0.05, 0.1) is 16.8 Å². The molecule has 0 atom stereocenters. The van der Waals surface area contributed by atoms with Crippen LogP contribution in [0.15, 0.2) is 30.1 Å². The number of nitrogens with two attached hydrogens (primary N) is 2. The topological polar surface area (TPSA) is 144 Å². The van der Waals surface area contributed by atoms with Gasteiger partial charge in [0.15, 0.2) is 0 Å². The molecule has 11 heteroatoms. The van der Waals surface area contributed by atoms with E-state index in [2.05, 4.69) is 16.1 Å². The number of anilines is 1. The van der Waals surface area contributed by atoms with Gasteiger partial charge in [-0.3, -0.25) is 20.2 Å². The largest absolute Gasteiger partial charge is 0.399 e. The number of hydrogen-bond acceptors (Lipinski definition) is 6. The molecule has 0 saturated heterocycles. The van der Waals surface area contributed by atoms with Crippen LogP contribution in [0.5, 0.6) is 0 Å². The Morgan fingerprint density at radius 1 is 1.20 bits per heavy atom. The van der Waals surface area contributed by atoms with Gasteiger partial charge in [-0.1, -0.05) is 25.4 Å². The molecule has 0 spiro atoms. The van der Waals surface area contributed by atoms with E-state index in [9.17, 15) is 18.8 Å². The molecule has 9 nitrogen and oxygen atoms in total. The second-order valence-electron chi connectivity index (χ2n) is 8.29. The SMILES string of the molecule is CC.Cc1c(C(=O)C(=O)NC2(/C(N)=C/NN)CC2)c2n(c1C(=O)Nc1cc(F)cc(Cl)c1)CCC2. The zero-order chi connectivity index (χ0) is 25.9. The van der Waals surface area contributed by atoms with E-state index in [1.807, 2.05) is 13.8 Å². The van der Waals surface area contributed by atoms with Gasteiger partial charge in [-0.15, -0.1) is 0 Å². The summed E-state index contributed by atoms with van der Waals surface area (Å²) in [4.78, 5) is 39.1. The zero-order valence-electron chi connectivity index (χ0n) is 19.9. The Hall–Kier alpha value is -3.37. The Bertz CT molecular complexity index is 1180. The van der Waals surface area contributed by atoms with Gasteiger partial charge in [-0.05, 0) is 56.4 Å². The fourth-order valence-electron chi connectivity index (χ4n) is 4.36. The second-order valence-corrected chi connectivity index (χ2v) is 8.73. The van der Waals surface area contributed by atoms with E-state index in [1.54, 1.807) is 11.5 Å². The number of amides is 2. The molecule has 1 fully saturated rings. The summed E-state index contributed by atoms with van der Waals surface area (Å²) in [6.07, 6.45) is 3.84. The van der Waals surface area contributed by atoms with Crippen molar-refractivity contribution in [3.05, 3.63) is 63.5 Å². The molecule has 0 radical (unpaired) electrons. The summed E-state index contributed by atoms with van der Waals surface area (Å²) in [5.74, 6) is 2.63. The van der Waals surface area contributed by atoms with Crippen LogP contribution in [0.4, 0.5) is 10.1 Å². The molecule has 1 aliphatic heterocycles. The van der Waals surface area contributed by atoms with Gasteiger partial charge < -0.3 is 26.4 Å². The first kappa shape index (κ1) is 26.2. The molecular weight excluding hydrogens is 475 g/mol. The first-order chi connectivity index (χ1) is 16.7. The molecule has 2 heterocycles. The number of hydrogen-bond donors (Lipinski definition) is 5. The van der Waals surface area contributed by atoms with Crippen LogP contribution in [0.3, 0.4) is 0 Å². The van der Waals surface area contributed by atoms with E-state index in [0.717, 1.165) is 18.6 Å². The highest BCUT2D eigenvalue weighted by molar-refractivity contribution is 6.44. The molecule has 1 aromatic carbocycles. The third-order valence-electron chi connectivity index (χ3n) is 6.07. The highest BCUT2D eigenvalue weighted by Crippen LogP contribution is 2.40. The molecular formula is C24H30ClFN6O3. The van der Waals surface area contributed by atoms with Crippen LogP contribution in [-0.4, -0.2) is 27.7 Å². The predicted octanol–water partition coefficient (Wildman–Crippen LogP) is 2.91. The lowest BCUT2D eigenvalue weighted by molar-refractivity contribution is -0.117. The molecule has 1 aromatic heterocycles. The molecule has 35 heavy (non-hydrogen) atoms. The van der Waals surface area contributed by atoms with E-state index in [4.69, 9.17) is 23.2 Å². The van der Waals surface area contributed by atoms with Gasteiger partial charge in [0.1, 0.15) is 11.5 Å². The van der Waals surface area contributed by atoms with E-state index < -0.39 is 29.0 Å². The van der Waals surface area contributed by atoms with Gasteiger partial charge in [0.25, 0.3) is 17.6 Å². The number of aromatic nitrogens is 1. The fraction of sp³-hybridized carbons (Fsp3) is 0.375. The maximum atomic E-state index is 13.7. The molecule has 4 rings (SSSR count). The number of nitrogens with one attached hydrogen (secondary N) is 3. The average molecular weight is 505 g/mol. The summed E-state index contributed by atoms with van der Waals surface area (Å²) < 4.78 is 15.4. The third-order valence-corrected chi connectivity index (χ3v) is 6.29. The Kier molecular flexibility index (Phi) is 7.86. The van der Waals surface area contributed by atoms with Crippen molar-refractivity contribution in [1.29, 1.82) is 0 Å². The Balaban J connectivity index is 0.00000167. The summed E-state index contributed by atoms with van der Waals surface area (Å²) in [7, 11) is 0. The number of fused-ring (bicyclic) bond motifs is 1. The number of Topliss-reactive ketones (excluding diaryl/α,β-unsaturated/α-hetero) is 1. The maximum absolute atomic E-state index is 13.7. The number of ketones is 1. The summed E-state index contributed by atoms with van der Waals surface area (Å²) in [6, 6.07) is 3.70. The minimum atomic E-state index is -0.799. The second kappa shape index (κ2) is 10.5. The zero-order valence-corrected chi connectivity index (χ0v) is 20.7. The van der Waals surface area contributed by atoms with Gasteiger partial charge in [0.2, 0.25) is 0 Å². The van der Waals surface area contributed by atoms with Crippen LogP contribution in [0.25, 0.3) is 0 Å². The number of hydrazine groups is 1. The quantitative estimate of drug-likeness (QED) is 0.170. The summed E-state index contributed by atoms with van der Waals surface area (Å²) in [5.41, 5.74) is 9.51. The van der Waals surface area contributed by atoms with Crippen LogP contribution in [0.2, 0.25) is 5.02 Å². The molecule has 0 unspecified atom stereocenters. The van der Waals surface area contributed by atoms with Gasteiger partial charge in [-0.2, -0.15) is 0 Å². The van der Waals surface area contributed by atoms with Crippen molar-refractivity contribution in [2.24, 2.45) is 11.6 Å².